The number of rotatable bonds is 12. The third-order valence-electron chi connectivity index (χ3n) is 4.36. The van der Waals surface area contributed by atoms with E-state index >= 15 is 0 Å². The smallest absolute Gasteiger partial charge is 0.337 e. The summed E-state index contributed by atoms with van der Waals surface area (Å²) in [7, 11) is 0. The van der Waals surface area contributed by atoms with Crippen molar-refractivity contribution in [2.24, 2.45) is 0 Å². The van der Waals surface area contributed by atoms with Gasteiger partial charge in [0.05, 0.1) is 30.9 Å². The van der Waals surface area contributed by atoms with Crippen LogP contribution in [0.25, 0.3) is 0 Å². The molecular formula is C24H23ClN2O5S. The lowest BCUT2D eigenvalue weighted by Crippen LogP contribution is -2.16. The molecule has 0 bridgehead atoms. The number of hydrogen-bond acceptors (Lipinski definition) is 6. The summed E-state index contributed by atoms with van der Waals surface area (Å²) in [5.74, 6) is -0.179. The second-order valence-corrected chi connectivity index (χ2v) is 8.28. The van der Waals surface area contributed by atoms with Gasteiger partial charge in [-0.1, -0.05) is 30.0 Å². The highest BCUT2D eigenvalue weighted by Gasteiger charge is 2.12. The molecule has 1 aromatic heterocycles. The summed E-state index contributed by atoms with van der Waals surface area (Å²) in [6.45, 7) is 1.46. The van der Waals surface area contributed by atoms with Gasteiger partial charge in [-0.2, -0.15) is 0 Å². The average Bonchev–Trinajstić information content (AvgIpc) is 2.81. The first kappa shape index (κ1) is 24.6. The summed E-state index contributed by atoms with van der Waals surface area (Å²) in [6.07, 6.45) is 1.73. The summed E-state index contributed by atoms with van der Waals surface area (Å²) < 4.78 is 10.9. The Bertz CT molecular complexity index is 1060. The maximum atomic E-state index is 12.3. The van der Waals surface area contributed by atoms with E-state index in [4.69, 9.17) is 21.1 Å². The lowest BCUT2D eigenvalue weighted by Gasteiger charge is -2.09. The van der Waals surface area contributed by atoms with E-state index in [1.807, 2.05) is 36.4 Å². The first-order valence-electron chi connectivity index (χ1n) is 10.2. The van der Waals surface area contributed by atoms with Gasteiger partial charge in [0, 0.05) is 17.0 Å². The Kier molecular flexibility index (Phi) is 9.56. The van der Waals surface area contributed by atoms with Crippen molar-refractivity contribution in [3.8, 4) is 5.75 Å². The Morgan fingerprint density at radius 3 is 2.48 bits per heavy atom. The average molecular weight is 487 g/mol. The second-order valence-electron chi connectivity index (χ2n) is 6.80. The molecule has 33 heavy (non-hydrogen) atoms. The van der Waals surface area contributed by atoms with Crippen LogP contribution in [-0.2, 0) is 16.0 Å². The first-order chi connectivity index (χ1) is 16.0. The van der Waals surface area contributed by atoms with E-state index in [2.05, 4.69) is 10.3 Å². The molecule has 0 aliphatic rings. The number of alkyl halides is 1. The molecule has 0 radical (unpaired) electrons. The number of hydrogen-bond donors (Lipinski definition) is 2. The number of carbonyl (C=O) groups excluding carboxylic acids is 1. The zero-order chi connectivity index (χ0) is 23.5. The van der Waals surface area contributed by atoms with Gasteiger partial charge >= 0.3 is 5.97 Å². The quantitative estimate of drug-likeness (QED) is 0.281. The van der Waals surface area contributed by atoms with Crippen LogP contribution < -0.4 is 10.1 Å². The lowest BCUT2D eigenvalue weighted by atomic mass is 10.1. The van der Waals surface area contributed by atoms with Gasteiger partial charge in [-0.05, 0) is 48.0 Å². The van der Waals surface area contributed by atoms with Crippen LogP contribution in [0, 0.1) is 0 Å². The minimum Gasteiger partial charge on any atom is -0.491 e. The molecule has 3 rings (SSSR count). The van der Waals surface area contributed by atoms with E-state index in [1.54, 1.807) is 24.4 Å². The highest BCUT2D eigenvalue weighted by Crippen LogP contribution is 2.27. The number of anilines is 1. The molecule has 2 aromatic carbocycles. The van der Waals surface area contributed by atoms with Crippen molar-refractivity contribution in [2.75, 3.05) is 31.0 Å². The molecule has 2 N–H and O–H groups in total. The number of amides is 1. The molecule has 9 heteroatoms. The fourth-order valence-electron chi connectivity index (χ4n) is 2.83. The van der Waals surface area contributed by atoms with E-state index in [1.165, 1.54) is 17.8 Å². The van der Waals surface area contributed by atoms with Crippen molar-refractivity contribution in [2.45, 2.75) is 16.3 Å². The van der Waals surface area contributed by atoms with Crippen molar-refractivity contribution < 1.29 is 24.2 Å². The van der Waals surface area contributed by atoms with Crippen molar-refractivity contribution in [1.29, 1.82) is 0 Å². The van der Waals surface area contributed by atoms with Crippen LogP contribution in [-0.4, -0.2) is 47.7 Å². The molecule has 1 heterocycles. The number of carbonyl (C=O) groups is 2. The Morgan fingerprint density at radius 1 is 1.00 bits per heavy atom. The highest BCUT2D eigenvalue weighted by atomic mass is 35.5. The number of carboxylic acid groups (broad SMARTS) is 1. The van der Waals surface area contributed by atoms with Crippen LogP contribution in [0.15, 0.2) is 76.8 Å². The second kappa shape index (κ2) is 12.8. The third-order valence-corrected chi connectivity index (χ3v) is 5.47. The zero-order valence-electron chi connectivity index (χ0n) is 17.7. The topological polar surface area (TPSA) is 97.8 Å². The van der Waals surface area contributed by atoms with E-state index in [0.717, 1.165) is 21.2 Å². The Labute approximate surface area is 201 Å². The van der Waals surface area contributed by atoms with Crippen LogP contribution in [0.2, 0.25) is 0 Å². The summed E-state index contributed by atoms with van der Waals surface area (Å²) in [4.78, 5) is 29.0. The van der Waals surface area contributed by atoms with E-state index < -0.39 is 5.97 Å². The monoisotopic (exact) mass is 486 g/mol. The van der Waals surface area contributed by atoms with Crippen LogP contribution in [0.3, 0.4) is 0 Å². The first-order valence-corrected chi connectivity index (χ1v) is 11.5. The van der Waals surface area contributed by atoms with Crippen LogP contribution in [0.5, 0.6) is 5.75 Å². The Morgan fingerprint density at radius 2 is 1.79 bits per heavy atom. The van der Waals surface area contributed by atoms with E-state index in [9.17, 15) is 14.7 Å². The molecule has 1 amide bonds. The molecule has 0 aliphatic heterocycles. The molecule has 0 spiro atoms. The van der Waals surface area contributed by atoms with Crippen molar-refractivity contribution in [3.63, 3.8) is 0 Å². The summed E-state index contributed by atoms with van der Waals surface area (Å²) in [5.41, 5.74) is 1.04. The molecular weight excluding hydrogens is 464 g/mol. The number of para-hydroxylation sites is 1. The van der Waals surface area contributed by atoms with Gasteiger partial charge in [-0.25, -0.2) is 9.78 Å². The molecule has 0 saturated carbocycles. The minimum absolute atomic E-state index is 0.0480. The Hall–Kier alpha value is -3.07. The third kappa shape index (κ3) is 8.09. The number of ether oxygens (including phenoxy) is 2. The van der Waals surface area contributed by atoms with Crippen molar-refractivity contribution >= 4 is 40.9 Å². The van der Waals surface area contributed by atoms with Crippen LogP contribution >= 0.6 is 23.4 Å². The number of aromatic nitrogens is 1. The molecule has 172 valence electrons. The standard InChI is InChI=1S/C24H23ClN2O5S/c25-11-12-31-13-14-32-18-6-8-19(9-7-18)33-23-10-5-17(16-26-23)15-22(28)27-21-4-2-1-3-20(21)24(29)30/h1-10,16H,11-15H2,(H,27,28)(H,29,30). The van der Waals surface area contributed by atoms with Gasteiger partial charge < -0.3 is 19.9 Å². The largest absolute Gasteiger partial charge is 0.491 e. The van der Waals surface area contributed by atoms with Crippen LogP contribution in [0.4, 0.5) is 5.69 Å². The molecule has 3 aromatic rings. The predicted molar refractivity (Wildman–Crippen MR) is 128 cm³/mol. The lowest BCUT2D eigenvalue weighted by molar-refractivity contribution is -0.115. The van der Waals surface area contributed by atoms with Gasteiger partial charge in [-0.3, -0.25) is 4.79 Å². The summed E-state index contributed by atoms with van der Waals surface area (Å²) in [6, 6.07) is 17.6. The number of nitrogens with one attached hydrogen (secondary N) is 1. The molecule has 7 nitrogen and oxygen atoms in total. The van der Waals surface area contributed by atoms with Crippen molar-refractivity contribution in [3.05, 3.63) is 78.0 Å². The number of pyridine rings is 1. The summed E-state index contributed by atoms with van der Waals surface area (Å²) >= 11 is 7.04. The number of nitrogens with zero attached hydrogens (tertiary/aromatic N) is 1. The fourth-order valence-corrected chi connectivity index (χ4v) is 3.70. The van der Waals surface area contributed by atoms with Gasteiger partial charge in [0.2, 0.25) is 5.91 Å². The van der Waals surface area contributed by atoms with Gasteiger partial charge in [0.1, 0.15) is 17.4 Å². The van der Waals surface area contributed by atoms with E-state index in [0.29, 0.717) is 25.7 Å². The molecule has 0 saturated heterocycles. The number of halogens is 1. The van der Waals surface area contributed by atoms with E-state index in [-0.39, 0.29) is 23.6 Å². The van der Waals surface area contributed by atoms with Gasteiger partial charge in [0.25, 0.3) is 0 Å². The summed E-state index contributed by atoms with van der Waals surface area (Å²) in [5, 5.41) is 12.7. The molecule has 0 unspecified atom stereocenters. The van der Waals surface area contributed by atoms with Crippen LogP contribution in [0.1, 0.15) is 15.9 Å². The Balaban J connectivity index is 1.49. The minimum atomic E-state index is -1.09. The maximum absolute atomic E-state index is 12.3. The van der Waals surface area contributed by atoms with Gasteiger partial charge in [0.15, 0.2) is 0 Å². The zero-order valence-corrected chi connectivity index (χ0v) is 19.3. The number of benzene rings is 2. The highest BCUT2D eigenvalue weighted by molar-refractivity contribution is 7.99. The fraction of sp³-hybridized carbons (Fsp3) is 0.208. The molecule has 0 aliphatic carbocycles. The number of carboxylic acids is 1. The predicted octanol–water partition coefficient (Wildman–Crippen LogP) is 4.75. The van der Waals surface area contributed by atoms with Gasteiger partial charge in [-0.15, -0.1) is 11.6 Å². The molecule has 0 atom stereocenters. The number of aromatic carboxylic acids is 1. The maximum Gasteiger partial charge on any atom is 0.337 e. The molecule has 0 fully saturated rings. The SMILES string of the molecule is O=C(Cc1ccc(Sc2ccc(OCCOCCCl)cc2)nc1)Nc1ccccc1C(=O)O. The van der Waals surface area contributed by atoms with Crippen molar-refractivity contribution in [1.82, 2.24) is 4.98 Å². The normalized spacial score (nSPS) is 10.6.